The number of amides is 4. The Morgan fingerprint density at radius 1 is 0.895 bits per heavy atom. The number of benzene rings is 3. The third-order valence-electron chi connectivity index (χ3n) is 6.40. The summed E-state index contributed by atoms with van der Waals surface area (Å²) in [6, 6.07) is 24.1. The van der Waals surface area contributed by atoms with E-state index in [1.54, 1.807) is 29.2 Å². The van der Waals surface area contributed by atoms with Gasteiger partial charge in [-0.25, -0.2) is 4.79 Å². The molecule has 3 aromatic carbocycles. The molecule has 0 bridgehead atoms. The van der Waals surface area contributed by atoms with Gasteiger partial charge >= 0.3 is 6.03 Å². The molecule has 198 valence electrons. The van der Waals surface area contributed by atoms with E-state index in [1.165, 1.54) is 6.92 Å². The molecule has 1 atom stereocenters. The first-order valence-corrected chi connectivity index (χ1v) is 12.6. The van der Waals surface area contributed by atoms with Crippen LogP contribution in [0.3, 0.4) is 0 Å². The summed E-state index contributed by atoms with van der Waals surface area (Å²) in [4.78, 5) is 39.9. The number of nitrogens with zero attached hydrogens (tertiary/aromatic N) is 2. The maximum Gasteiger partial charge on any atom is 0.323 e. The van der Waals surface area contributed by atoms with E-state index in [0.29, 0.717) is 30.1 Å². The summed E-state index contributed by atoms with van der Waals surface area (Å²) >= 11 is 0. The number of urea groups is 1. The Hall–Kier alpha value is -4.53. The second kappa shape index (κ2) is 12.6. The van der Waals surface area contributed by atoms with Crippen molar-refractivity contribution in [2.75, 3.05) is 42.2 Å². The number of hydrogen-bond donors (Lipinski definition) is 3. The number of carbonyl (C=O) groups is 3. The van der Waals surface area contributed by atoms with Gasteiger partial charge in [-0.2, -0.15) is 0 Å². The summed E-state index contributed by atoms with van der Waals surface area (Å²) in [5.41, 5.74) is 2.36. The Kier molecular flexibility index (Phi) is 8.81. The van der Waals surface area contributed by atoms with Crippen molar-refractivity contribution in [3.8, 4) is 11.5 Å². The highest BCUT2D eigenvalue weighted by Crippen LogP contribution is 2.25. The zero-order valence-electron chi connectivity index (χ0n) is 21.6. The van der Waals surface area contributed by atoms with Crippen molar-refractivity contribution >= 4 is 34.9 Å². The number of anilines is 3. The molecule has 38 heavy (non-hydrogen) atoms. The van der Waals surface area contributed by atoms with Crippen LogP contribution in [0.25, 0.3) is 0 Å². The van der Waals surface area contributed by atoms with Gasteiger partial charge in [-0.3, -0.25) is 9.59 Å². The SMILES string of the molecule is CC(=O)NCCC(=O)N(C)C1CCN(c2ccc(NC(=O)Nc3ccc(Oc4ccccc4)cc3)cc2)C1. The molecule has 0 radical (unpaired) electrons. The number of likely N-dealkylation sites (N-methyl/N-ethyl adjacent to an activating group) is 1. The van der Waals surface area contributed by atoms with E-state index in [4.69, 9.17) is 4.74 Å². The fourth-order valence-corrected chi connectivity index (χ4v) is 4.30. The van der Waals surface area contributed by atoms with E-state index in [0.717, 1.165) is 30.9 Å². The van der Waals surface area contributed by atoms with E-state index >= 15 is 0 Å². The number of rotatable bonds is 9. The van der Waals surface area contributed by atoms with Crippen molar-refractivity contribution in [1.82, 2.24) is 10.2 Å². The van der Waals surface area contributed by atoms with E-state index in [2.05, 4.69) is 20.9 Å². The number of nitrogens with one attached hydrogen (secondary N) is 3. The summed E-state index contributed by atoms with van der Waals surface area (Å²) in [6.45, 7) is 3.37. The van der Waals surface area contributed by atoms with Gasteiger partial charge in [-0.05, 0) is 67.1 Å². The summed E-state index contributed by atoms with van der Waals surface area (Å²) in [7, 11) is 1.82. The molecule has 1 fully saturated rings. The van der Waals surface area contributed by atoms with Crippen molar-refractivity contribution in [2.24, 2.45) is 0 Å². The average molecular weight is 516 g/mol. The molecular weight excluding hydrogens is 482 g/mol. The van der Waals surface area contributed by atoms with Gasteiger partial charge in [0.05, 0.1) is 6.04 Å². The number of carbonyl (C=O) groups excluding carboxylic acids is 3. The maximum atomic E-state index is 12.5. The molecule has 1 aliphatic heterocycles. The predicted octanol–water partition coefficient (Wildman–Crippen LogP) is 4.69. The van der Waals surface area contributed by atoms with Crippen LogP contribution in [-0.2, 0) is 9.59 Å². The van der Waals surface area contributed by atoms with E-state index in [1.807, 2.05) is 61.6 Å². The van der Waals surface area contributed by atoms with Gasteiger partial charge in [0.1, 0.15) is 11.5 Å². The van der Waals surface area contributed by atoms with Gasteiger partial charge in [-0.15, -0.1) is 0 Å². The zero-order chi connectivity index (χ0) is 26.9. The number of hydrogen-bond acceptors (Lipinski definition) is 5. The largest absolute Gasteiger partial charge is 0.457 e. The van der Waals surface area contributed by atoms with Gasteiger partial charge in [0.15, 0.2) is 0 Å². The zero-order valence-corrected chi connectivity index (χ0v) is 21.6. The van der Waals surface area contributed by atoms with Crippen LogP contribution < -0.4 is 25.6 Å². The van der Waals surface area contributed by atoms with Crippen molar-refractivity contribution < 1.29 is 19.1 Å². The van der Waals surface area contributed by atoms with Gasteiger partial charge in [-0.1, -0.05) is 18.2 Å². The minimum Gasteiger partial charge on any atom is -0.457 e. The molecule has 1 heterocycles. The summed E-state index contributed by atoms with van der Waals surface area (Å²) in [5.74, 6) is 1.32. The van der Waals surface area contributed by atoms with Gasteiger partial charge in [0.25, 0.3) is 0 Å². The molecule has 3 N–H and O–H groups in total. The molecule has 1 unspecified atom stereocenters. The lowest BCUT2D eigenvalue weighted by molar-refractivity contribution is -0.131. The lowest BCUT2D eigenvalue weighted by Crippen LogP contribution is -2.40. The van der Waals surface area contributed by atoms with E-state index in [9.17, 15) is 14.4 Å². The fraction of sp³-hybridized carbons (Fsp3) is 0.276. The minimum atomic E-state index is -0.338. The molecule has 0 aromatic heterocycles. The smallest absolute Gasteiger partial charge is 0.323 e. The number of para-hydroxylation sites is 1. The molecule has 1 saturated heterocycles. The third kappa shape index (κ3) is 7.49. The van der Waals surface area contributed by atoms with Crippen LogP contribution in [0.1, 0.15) is 19.8 Å². The molecule has 1 aliphatic rings. The van der Waals surface area contributed by atoms with Crippen LogP contribution in [0, 0.1) is 0 Å². The molecule has 4 rings (SSSR count). The maximum absolute atomic E-state index is 12.5. The van der Waals surface area contributed by atoms with Crippen LogP contribution in [0.2, 0.25) is 0 Å². The van der Waals surface area contributed by atoms with Crippen LogP contribution in [-0.4, -0.2) is 55.5 Å². The first-order valence-electron chi connectivity index (χ1n) is 12.6. The Morgan fingerprint density at radius 3 is 2.13 bits per heavy atom. The quantitative estimate of drug-likeness (QED) is 0.384. The monoisotopic (exact) mass is 515 g/mol. The van der Waals surface area contributed by atoms with Crippen molar-refractivity contribution in [2.45, 2.75) is 25.8 Å². The van der Waals surface area contributed by atoms with Gasteiger partial charge < -0.3 is 30.5 Å². The minimum absolute atomic E-state index is 0.0227. The molecule has 3 aromatic rings. The van der Waals surface area contributed by atoms with Crippen LogP contribution >= 0.6 is 0 Å². The Balaban J connectivity index is 1.23. The molecule has 0 aliphatic carbocycles. The molecule has 4 amide bonds. The molecule has 0 spiro atoms. The lowest BCUT2D eigenvalue weighted by atomic mass is 10.2. The lowest BCUT2D eigenvalue weighted by Gasteiger charge is -2.25. The van der Waals surface area contributed by atoms with Crippen molar-refractivity contribution in [3.63, 3.8) is 0 Å². The molecule has 0 saturated carbocycles. The first-order chi connectivity index (χ1) is 18.4. The molecule has 9 heteroatoms. The topological polar surface area (TPSA) is 103 Å². The highest BCUT2D eigenvalue weighted by Gasteiger charge is 2.28. The second-order valence-corrected chi connectivity index (χ2v) is 9.19. The predicted molar refractivity (Wildman–Crippen MR) is 149 cm³/mol. The highest BCUT2D eigenvalue weighted by atomic mass is 16.5. The highest BCUT2D eigenvalue weighted by molar-refractivity contribution is 5.99. The van der Waals surface area contributed by atoms with Gasteiger partial charge in [0.2, 0.25) is 11.8 Å². The standard InChI is InChI=1S/C29H33N5O4/c1-21(35)30-18-16-28(36)33(2)25-17-19-34(20-25)24-12-8-22(9-13-24)31-29(37)32-23-10-14-27(15-11-23)38-26-6-4-3-5-7-26/h3-15,25H,16-20H2,1-2H3,(H,30,35)(H2,31,32,37). The fourth-order valence-electron chi connectivity index (χ4n) is 4.30. The van der Waals surface area contributed by atoms with Crippen LogP contribution in [0.4, 0.5) is 21.9 Å². The summed E-state index contributed by atoms with van der Waals surface area (Å²) < 4.78 is 5.78. The van der Waals surface area contributed by atoms with E-state index in [-0.39, 0.29) is 23.9 Å². The van der Waals surface area contributed by atoms with E-state index < -0.39 is 0 Å². The molecular formula is C29H33N5O4. The van der Waals surface area contributed by atoms with Crippen molar-refractivity contribution in [1.29, 1.82) is 0 Å². The summed E-state index contributed by atoms with van der Waals surface area (Å²) in [6.07, 6.45) is 1.17. The van der Waals surface area contributed by atoms with Crippen molar-refractivity contribution in [3.05, 3.63) is 78.9 Å². The third-order valence-corrected chi connectivity index (χ3v) is 6.40. The Labute approximate surface area is 222 Å². The summed E-state index contributed by atoms with van der Waals surface area (Å²) in [5, 5.41) is 8.34. The Bertz CT molecular complexity index is 1230. The van der Waals surface area contributed by atoms with Crippen LogP contribution in [0.15, 0.2) is 78.9 Å². The van der Waals surface area contributed by atoms with Gasteiger partial charge in [0, 0.05) is 57.1 Å². The van der Waals surface area contributed by atoms with Crippen LogP contribution in [0.5, 0.6) is 11.5 Å². The second-order valence-electron chi connectivity index (χ2n) is 9.19. The number of ether oxygens (including phenoxy) is 1. The molecule has 9 nitrogen and oxygen atoms in total. The Morgan fingerprint density at radius 2 is 1.50 bits per heavy atom. The normalized spacial score (nSPS) is 14.5. The first kappa shape index (κ1) is 26.5. The average Bonchev–Trinajstić information content (AvgIpc) is 3.40.